The van der Waals surface area contributed by atoms with Crippen molar-refractivity contribution in [2.75, 3.05) is 6.54 Å². The number of hydrogen-bond acceptors (Lipinski definition) is 3. The molecule has 0 aliphatic carbocycles. The molecule has 1 atom stereocenters. The van der Waals surface area contributed by atoms with E-state index < -0.39 is 0 Å². The molecule has 0 aliphatic rings. The molecule has 2 rings (SSSR count). The lowest BCUT2D eigenvalue weighted by atomic mass is 10.1. The average Bonchev–Trinajstić information content (AvgIpc) is 2.74. The molecule has 1 N–H and O–H groups in total. The molecular formula is C16H24N4. The van der Waals surface area contributed by atoms with Crippen LogP contribution < -0.4 is 5.32 Å². The van der Waals surface area contributed by atoms with Gasteiger partial charge in [0.1, 0.15) is 0 Å². The molecule has 0 aromatic carbocycles. The van der Waals surface area contributed by atoms with E-state index in [4.69, 9.17) is 0 Å². The lowest BCUT2D eigenvalue weighted by Crippen LogP contribution is -2.18. The summed E-state index contributed by atoms with van der Waals surface area (Å²) in [6, 6.07) is 4.50. The van der Waals surface area contributed by atoms with Gasteiger partial charge in [-0.1, -0.05) is 13.8 Å². The first-order chi connectivity index (χ1) is 9.58. The Hall–Kier alpha value is -1.68. The molecule has 2 heterocycles. The first kappa shape index (κ1) is 14.7. The van der Waals surface area contributed by atoms with Gasteiger partial charge < -0.3 is 5.32 Å². The number of pyridine rings is 1. The van der Waals surface area contributed by atoms with Crippen LogP contribution in [0.4, 0.5) is 0 Å². The number of nitrogens with zero attached hydrogens (tertiary/aromatic N) is 3. The van der Waals surface area contributed by atoms with Crippen LogP contribution in [0.25, 0.3) is 5.82 Å². The number of aromatic nitrogens is 3. The third kappa shape index (κ3) is 2.75. The highest BCUT2D eigenvalue weighted by molar-refractivity contribution is 5.35. The molecule has 2 aromatic heterocycles. The number of nitrogens with one attached hydrogen (secondary N) is 1. The summed E-state index contributed by atoms with van der Waals surface area (Å²) < 4.78 is 1.95. The van der Waals surface area contributed by atoms with Crippen molar-refractivity contribution >= 4 is 0 Å². The minimum absolute atomic E-state index is 0.323. The molecule has 0 fully saturated rings. The molecule has 0 saturated carbocycles. The molecule has 4 heteroatoms. The minimum atomic E-state index is 0.323. The van der Waals surface area contributed by atoms with Gasteiger partial charge in [-0.25, -0.2) is 9.67 Å². The van der Waals surface area contributed by atoms with Crippen molar-refractivity contribution < 1.29 is 0 Å². The van der Waals surface area contributed by atoms with Gasteiger partial charge in [-0.15, -0.1) is 0 Å². The van der Waals surface area contributed by atoms with Crippen LogP contribution >= 0.6 is 0 Å². The van der Waals surface area contributed by atoms with Crippen LogP contribution in [0.3, 0.4) is 0 Å². The van der Waals surface area contributed by atoms with Gasteiger partial charge in [0, 0.05) is 17.9 Å². The Bertz CT molecular complexity index is 586. The van der Waals surface area contributed by atoms with Gasteiger partial charge in [0.25, 0.3) is 0 Å². The highest BCUT2D eigenvalue weighted by Crippen LogP contribution is 2.19. The predicted octanol–water partition coefficient (Wildman–Crippen LogP) is 3.12. The van der Waals surface area contributed by atoms with Crippen molar-refractivity contribution in [3.05, 3.63) is 40.8 Å². The number of hydrogen-bond donors (Lipinski definition) is 1. The molecular weight excluding hydrogens is 248 g/mol. The predicted molar refractivity (Wildman–Crippen MR) is 82.3 cm³/mol. The maximum atomic E-state index is 4.63. The van der Waals surface area contributed by atoms with Crippen LogP contribution in [-0.2, 0) is 6.42 Å². The van der Waals surface area contributed by atoms with E-state index in [-0.39, 0.29) is 0 Å². The first-order valence-electron chi connectivity index (χ1n) is 7.33. The zero-order valence-electron chi connectivity index (χ0n) is 13.1. The second-order valence-electron chi connectivity index (χ2n) is 5.14. The molecule has 0 bridgehead atoms. The van der Waals surface area contributed by atoms with Crippen molar-refractivity contribution in [2.24, 2.45) is 0 Å². The summed E-state index contributed by atoms with van der Waals surface area (Å²) in [5, 5.41) is 8.06. The maximum absolute atomic E-state index is 4.63. The van der Waals surface area contributed by atoms with Crippen molar-refractivity contribution in [3.63, 3.8) is 0 Å². The van der Waals surface area contributed by atoms with Gasteiger partial charge in [-0.2, -0.15) is 5.10 Å². The van der Waals surface area contributed by atoms with E-state index in [0.717, 1.165) is 24.5 Å². The topological polar surface area (TPSA) is 42.7 Å². The van der Waals surface area contributed by atoms with Crippen LogP contribution in [-0.4, -0.2) is 21.3 Å². The van der Waals surface area contributed by atoms with Gasteiger partial charge in [0.05, 0.1) is 5.69 Å². The summed E-state index contributed by atoms with van der Waals surface area (Å²) in [6.07, 6.45) is 2.87. The molecule has 0 radical (unpaired) electrons. The summed E-state index contributed by atoms with van der Waals surface area (Å²) in [7, 11) is 0. The Kier molecular flexibility index (Phi) is 4.55. The SMILES string of the molecule is CCNC(C)c1ccnc(-n2nc(C)c(CC)c2C)c1. The van der Waals surface area contributed by atoms with E-state index >= 15 is 0 Å². The van der Waals surface area contributed by atoms with E-state index in [9.17, 15) is 0 Å². The maximum Gasteiger partial charge on any atom is 0.153 e. The Balaban J connectivity index is 2.41. The third-order valence-corrected chi connectivity index (χ3v) is 3.79. The molecule has 0 amide bonds. The van der Waals surface area contributed by atoms with Crippen molar-refractivity contribution in [3.8, 4) is 5.82 Å². The van der Waals surface area contributed by atoms with Crippen LogP contribution in [0.1, 0.15) is 49.3 Å². The monoisotopic (exact) mass is 272 g/mol. The number of aryl methyl sites for hydroxylation is 1. The fraction of sp³-hybridized carbons (Fsp3) is 0.500. The molecule has 2 aromatic rings. The van der Waals surface area contributed by atoms with Crippen LogP contribution in [0, 0.1) is 13.8 Å². The standard InChI is InChI=1S/C16H24N4/c1-6-15-12(4)19-20(13(15)5)16-10-14(8-9-18-16)11(3)17-7-2/h8-11,17H,6-7H2,1-5H3. The quantitative estimate of drug-likeness (QED) is 0.909. The fourth-order valence-electron chi connectivity index (χ4n) is 2.65. The summed E-state index contributed by atoms with van der Waals surface area (Å²) in [5.74, 6) is 0.896. The zero-order chi connectivity index (χ0) is 14.7. The van der Waals surface area contributed by atoms with Gasteiger partial charge >= 0.3 is 0 Å². The molecule has 1 unspecified atom stereocenters. The molecule has 0 spiro atoms. The van der Waals surface area contributed by atoms with Crippen molar-refractivity contribution in [1.82, 2.24) is 20.1 Å². The smallest absolute Gasteiger partial charge is 0.153 e. The average molecular weight is 272 g/mol. The first-order valence-corrected chi connectivity index (χ1v) is 7.33. The Morgan fingerprint density at radius 2 is 2.05 bits per heavy atom. The van der Waals surface area contributed by atoms with E-state index in [1.54, 1.807) is 0 Å². The minimum Gasteiger partial charge on any atom is -0.310 e. The van der Waals surface area contributed by atoms with E-state index in [0.29, 0.717) is 6.04 Å². The second-order valence-corrected chi connectivity index (χ2v) is 5.14. The summed E-state index contributed by atoms with van der Waals surface area (Å²) in [6.45, 7) is 11.6. The van der Waals surface area contributed by atoms with Gasteiger partial charge in [-0.3, -0.25) is 0 Å². The Morgan fingerprint density at radius 1 is 1.30 bits per heavy atom. The summed E-state index contributed by atoms with van der Waals surface area (Å²) in [4.78, 5) is 4.47. The summed E-state index contributed by atoms with van der Waals surface area (Å²) in [5.41, 5.74) is 4.84. The lowest BCUT2D eigenvalue weighted by Gasteiger charge is -2.13. The zero-order valence-corrected chi connectivity index (χ0v) is 13.1. The Morgan fingerprint density at radius 3 is 2.65 bits per heavy atom. The molecule has 4 nitrogen and oxygen atoms in total. The van der Waals surface area contributed by atoms with Gasteiger partial charge in [0.2, 0.25) is 0 Å². The van der Waals surface area contributed by atoms with Gasteiger partial charge in [-0.05, 0) is 57.0 Å². The van der Waals surface area contributed by atoms with Crippen molar-refractivity contribution in [2.45, 2.75) is 47.1 Å². The van der Waals surface area contributed by atoms with Crippen molar-refractivity contribution in [1.29, 1.82) is 0 Å². The third-order valence-electron chi connectivity index (χ3n) is 3.79. The summed E-state index contributed by atoms with van der Waals surface area (Å²) >= 11 is 0. The van der Waals surface area contributed by atoms with Gasteiger partial charge in [0.15, 0.2) is 5.82 Å². The molecule has 0 saturated heterocycles. The van der Waals surface area contributed by atoms with Crippen LogP contribution in [0.15, 0.2) is 18.3 Å². The van der Waals surface area contributed by atoms with Crippen LogP contribution in [0.2, 0.25) is 0 Å². The van der Waals surface area contributed by atoms with Crippen LogP contribution in [0.5, 0.6) is 0 Å². The molecule has 108 valence electrons. The molecule has 20 heavy (non-hydrogen) atoms. The largest absolute Gasteiger partial charge is 0.310 e. The van der Waals surface area contributed by atoms with E-state index in [1.165, 1.54) is 16.8 Å². The normalized spacial score (nSPS) is 12.7. The highest BCUT2D eigenvalue weighted by Gasteiger charge is 2.13. The van der Waals surface area contributed by atoms with E-state index in [1.807, 2.05) is 10.9 Å². The van der Waals surface area contributed by atoms with E-state index in [2.05, 4.69) is 62.2 Å². The molecule has 0 aliphatic heterocycles. The Labute approximate surface area is 121 Å². The lowest BCUT2D eigenvalue weighted by molar-refractivity contribution is 0.596. The number of rotatable bonds is 5. The fourth-order valence-corrected chi connectivity index (χ4v) is 2.65. The second kappa shape index (κ2) is 6.18. The highest BCUT2D eigenvalue weighted by atomic mass is 15.3.